The molecule has 1 amide bonds. The SMILES string of the molecule is CC(C)(CCNc1cc2[nH]c(=O)[nH]c2cc1Br)NC(=O)OC(C)(C)C. The predicted octanol–water partition coefficient (Wildman–Crippen LogP) is 3.72. The van der Waals surface area contributed by atoms with Gasteiger partial charge in [0, 0.05) is 16.6 Å². The predicted molar refractivity (Wildman–Crippen MR) is 103 cm³/mol. The third kappa shape index (κ3) is 5.81. The molecule has 0 fully saturated rings. The zero-order chi connectivity index (χ0) is 18.8. The van der Waals surface area contributed by atoms with Gasteiger partial charge < -0.3 is 25.3 Å². The molecule has 4 N–H and O–H groups in total. The van der Waals surface area contributed by atoms with Gasteiger partial charge >= 0.3 is 11.8 Å². The van der Waals surface area contributed by atoms with E-state index in [1.165, 1.54) is 0 Å². The minimum absolute atomic E-state index is 0.234. The molecule has 0 saturated carbocycles. The first kappa shape index (κ1) is 19.4. The number of alkyl carbamates (subject to hydrolysis) is 1. The molecule has 2 rings (SSSR count). The molecule has 0 aliphatic carbocycles. The molecule has 0 radical (unpaired) electrons. The van der Waals surface area contributed by atoms with Gasteiger partial charge in [-0.1, -0.05) is 0 Å². The highest BCUT2D eigenvalue weighted by molar-refractivity contribution is 9.10. The first-order valence-corrected chi connectivity index (χ1v) is 8.91. The van der Waals surface area contributed by atoms with Gasteiger partial charge in [-0.15, -0.1) is 0 Å². The normalized spacial score (nSPS) is 12.2. The molecule has 1 aromatic heterocycles. The summed E-state index contributed by atoms with van der Waals surface area (Å²) in [6, 6.07) is 3.71. The minimum atomic E-state index is -0.522. The van der Waals surface area contributed by atoms with Gasteiger partial charge in [-0.05, 0) is 69.1 Å². The second-order valence-corrected chi connectivity index (χ2v) is 8.50. The Bertz CT molecular complexity index is 817. The molecule has 0 aliphatic rings. The summed E-state index contributed by atoms with van der Waals surface area (Å²) in [5, 5.41) is 6.20. The Balaban J connectivity index is 1.94. The number of halogens is 1. The monoisotopic (exact) mass is 412 g/mol. The summed E-state index contributed by atoms with van der Waals surface area (Å²) < 4.78 is 6.15. The van der Waals surface area contributed by atoms with Crippen LogP contribution in [0.5, 0.6) is 0 Å². The van der Waals surface area contributed by atoms with Crippen LogP contribution >= 0.6 is 15.9 Å². The Kier molecular flexibility index (Phi) is 5.51. The van der Waals surface area contributed by atoms with Crippen molar-refractivity contribution in [2.24, 2.45) is 0 Å². The van der Waals surface area contributed by atoms with Gasteiger partial charge in [-0.2, -0.15) is 0 Å². The van der Waals surface area contributed by atoms with Gasteiger partial charge in [-0.3, -0.25) is 0 Å². The molecular formula is C17H25BrN4O3. The lowest BCUT2D eigenvalue weighted by Crippen LogP contribution is -2.46. The minimum Gasteiger partial charge on any atom is -0.444 e. The highest BCUT2D eigenvalue weighted by Gasteiger charge is 2.24. The van der Waals surface area contributed by atoms with Crippen molar-refractivity contribution in [3.8, 4) is 0 Å². The molecular weight excluding hydrogens is 388 g/mol. The number of carbonyl (C=O) groups excluding carboxylic acids is 1. The van der Waals surface area contributed by atoms with E-state index in [9.17, 15) is 9.59 Å². The molecule has 0 aliphatic heterocycles. The molecule has 0 saturated heterocycles. The second-order valence-electron chi connectivity index (χ2n) is 7.64. The van der Waals surface area contributed by atoms with Crippen LogP contribution in [0.25, 0.3) is 11.0 Å². The number of aromatic nitrogens is 2. The number of amides is 1. The van der Waals surface area contributed by atoms with Crippen LogP contribution in [0.15, 0.2) is 21.4 Å². The van der Waals surface area contributed by atoms with Gasteiger partial charge in [0.1, 0.15) is 5.60 Å². The van der Waals surface area contributed by atoms with Crippen molar-refractivity contribution < 1.29 is 9.53 Å². The Morgan fingerprint density at radius 3 is 2.36 bits per heavy atom. The number of aromatic amines is 2. The van der Waals surface area contributed by atoms with Crippen molar-refractivity contribution in [3.05, 3.63) is 27.1 Å². The standard InChI is InChI=1S/C17H25BrN4O3/c1-16(2,3)25-15(24)22-17(4,5)6-7-19-11-9-13-12(8-10(11)18)20-14(23)21-13/h8-9,19H,6-7H2,1-5H3,(H,22,24)(H2,20,21,23). The maximum atomic E-state index is 11.9. The second kappa shape index (κ2) is 7.11. The lowest BCUT2D eigenvalue weighted by Gasteiger charge is -2.29. The molecule has 138 valence electrons. The lowest BCUT2D eigenvalue weighted by atomic mass is 10.0. The topological polar surface area (TPSA) is 99.0 Å². The average Bonchev–Trinajstić information content (AvgIpc) is 2.74. The molecule has 25 heavy (non-hydrogen) atoms. The zero-order valence-corrected chi connectivity index (χ0v) is 16.8. The Morgan fingerprint density at radius 1 is 1.16 bits per heavy atom. The van der Waals surface area contributed by atoms with E-state index >= 15 is 0 Å². The first-order chi connectivity index (χ1) is 11.5. The quantitative estimate of drug-likeness (QED) is 0.600. The van der Waals surface area contributed by atoms with E-state index in [2.05, 4.69) is 36.5 Å². The van der Waals surface area contributed by atoms with Gasteiger partial charge in [0.2, 0.25) is 0 Å². The molecule has 1 aromatic carbocycles. The third-order valence-corrected chi connectivity index (χ3v) is 4.16. The number of hydrogen-bond acceptors (Lipinski definition) is 4. The lowest BCUT2D eigenvalue weighted by molar-refractivity contribution is 0.0470. The van der Waals surface area contributed by atoms with Gasteiger partial charge in [-0.25, -0.2) is 9.59 Å². The molecule has 8 heteroatoms. The van der Waals surface area contributed by atoms with Crippen molar-refractivity contribution in [1.82, 2.24) is 15.3 Å². The molecule has 0 spiro atoms. The van der Waals surface area contributed by atoms with Crippen molar-refractivity contribution in [3.63, 3.8) is 0 Å². The summed E-state index contributed by atoms with van der Waals surface area (Å²) >= 11 is 3.49. The largest absolute Gasteiger partial charge is 0.444 e. The Labute approximate surface area is 155 Å². The van der Waals surface area contributed by atoms with Gasteiger partial charge in [0.15, 0.2) is 0 Å². The molecule has 0 bridgehead atoms. The van der Waals surface area contributed by atoms with Crippen LogP contribution in [-0.4, -0.2) is 33.7 Å². The van der Waals surface area contributed by atoms with Crippen LogP contribution in [0, 0.1) is 0 Å². The van der Waals surface area contributed by atoms with Crippen molar-refractivity contribution in [2.75, 3.05) is 11.9 Å². The summed E-state index contributed by atoms with van der Waals surface area (Å²) in [5.74, 6) is 0. The summed E-state index contributed by atoms with van der Waals surface area (Å²) in [5.41, 5.74) is 1.18. The number of nitrogens with one attached hydrogen (secondary N) is 4. The van der Waals surface area contributed by atoms with E-state index in [0.29, 0.717) is 13.0 Å². The van der Waals surface area contributed by atoms with Crippen LogP contribution in [0.1, 0.15) is 41.0 Å². The van der Waals surface area contributed by atoms with E-state index in [1.54, 1.807) is 0 Å². The first-order valence-electron chi connectivity index (χ1n) is 8.12. The third-order valence-electron chi connectivity index (χ3n) is 3.51. The van der Waals surface area contributed by atoms with Crippen LogP contribution in [0.3, 0.4) is 0 Å². The van der Waals surface area contributed by atoms with E-state index in [4.69, 9.17) is 4.74 Å². The highest BCUT2D eigenvalue weighted by atomic mass is 79.9. The maximum absolute atomic E-state index is 11.9. The van der Waals surface area contributed by atoms with E-state index < -0.39 is 17.2 Å². The number of fused-ring (bicyclic) bond motifs is 1. The maximum Gasteiger partial charge on any atom is 0.408 e. The number of anilines is 1. The van der Waals surface area contributed by atoms with Crippen LogP contribution in [0.2, 0.25) is 0 Å². The number of hydrogen-bond donors (Lipinski definition) is 4. The number of carbonyl (C=O) groups is 1. The number of benzene rings is 1. The highest BCUT2D eigenvalue weighted by Crippen LogP contribution is 2.26. The number of imidazole rings is 1. The summed E-state index contributed by atoms with van der Waals surface area (Å²) in [7, 11) is 0. The Hall–Kier alpha value is -1.96. The molecule has 1 heterocycles. The smallest absolute Gasteiger partial charge is 0.408 e. The average molecular weight is 413 g/mol. The van der Waals surface area contributed by atoms with Crippen LogP contribution in [0.4, 0.5) is 10.5 Å². The Morgan fingerprint density at radius 2 is 1.76 bits per heavy atom. The van der Waals surface area contributed by atoms with Crippen molar-refractivity contribution >= 4 is 38.7 Å². The summed E-state index contributed by atoms with van der Waals surface area (Å²) in [6.07, 6.45) is 0.269. The summed E-state index contributed by atoms with van der Waals surface area (Å²) in [4.78, 5) is 28.7. The van der Waals surface area contributed by atoms with Gasteiger partial charge in [0.25, 0.3) is 0 Å². The van der Waals surface area contributed by atoms with E-state index in [1.807, 2.05) is 46.8 Å². The summed E-state index contributed by atoms with van der Waals surface area (Å²) in [6.45, 7) is 10.0. The number of rotatable bonds is 5. The van der Waals surface area contributed by atoms with Crippen molar-refractivity contribution in [1.29, 1.82) is 0 Å². The molecule has 0 unspecified atom stereocenters. The van der Waals surface area contributed by atoms with Crippen LogP contribution in [-0.2, 0) is 4.74 Å². The zero-order valence-electron chi connectivity index (χ0n) is 15.2. The number of H-pyrrole nitrogens is 2. The fourth-order valence-electron chi connectivity index (χ4n) is 2.34. The molecule has 0 atom stereocenters. The van der Waals surface area contributed by atoms with E-state index in [-0.39, 0.29) is 5.69 Å². The fraction of sp³-hybridized carbons (Fsp3) is 0.529. The molecule has 7 nitrogen and oxygen atoms in total. The fourth-order valence-corrected chi connectivity index (χ4v) is 2.83. The van der Waals surface area contributed by atoms with Crippen LogP contribution < -0.4 is 16.3 Å². The number of ether oxygens (including phenoxy) is 1. The van der Waals surface area contributed by atoms with E-state index in [0.717, 1.165) is 21.2 Å². The van der Waals surface area contributed by atoms with Crippen molar-refractivity contribution in [2.45, 2.75) is 52.2 Å². The van der Waals surface area contributed by atoms with Gasteiger partial charge in [0.05, 0.1) is 16.7 Å². The molecule has 2 aromatic rings.